The Hall–Kier alpha value is -1.69. The van der Waals surface area contributed by atoms with E-state index in [1.165, 1.54) is 0 Å². The van der Waals surface area contributed by atoms with Crippen LogP contribution in [0.5, 0.6) is 0 Å². The maximum atomic E-state index is 11.9. The fourth-order valence-corrected chi connectivity index (χ4v) is 3.41. The molecule has 0 saturated carbocycles. The second-order valence-electron chi connectivity index (χ2n) is 4.87. The summed E-state index contributed by atoms with van der Waals surface area (Å²) in [5.41, 5.74) is 6.83. The van der Waals surface area contributed by atoms with Gasteiger partial charge in [-0.15, -0.1) is 0 Å². The lowest BCUT2D eigenvalue weighted by atomic mass is 9.98. The molecule has 108 valence electrons. The first-order valence-electron chi connectivity index (χ1n) is 6.64. The lowest BCUT2D eigenvalue weighted by molar-refractivity contribution is -0.117. The summed E-state index contributed by atoms with van der Waals surface area (Å²) in [7, 11) is 0. The van der Waals surface area contributed by atoms with Crippen LogP contribution in [-0.2, 0) is 4.79 Å². The molecule has 0 radical (unpaired) electrons. The van der Waals surface area contributed by atoms with E-state index in [1.807, 2.05) is 11.8 Å². The Bertz CT molecular complexity index is 482. The average molecular weight is 293 g/mol. The monoisotopic (exact) mass is 293 g/mol. The molecule has 5 nitrogen and oxygen atoms in total. The van der Waals surface area contributed by atoms with Crippen LogP contribution in [0.1, 0.15) is 24.8 Å². The third-order valence-electron chi connectivity index (χ3n) is 3.39. The number of anilines is 1. The van der Waals surface area contributed by atoms with Crippen molar-refractivity contribution >= 4 is 29.2 Å². The van der Waals surface area contributed by atoms with Crippen LogP contribution in [0.4, 0.5) is 5.69 Å². The molecule has 0 unspecified atom stereocenters. The van der Waals surface area contributed by atoms with Gasteiger partial charge in [0.2, 0.25) is 5.91 Å². The molecule has 1 aliphatic rings. The van der Waals surface area contributed by atoms with Crippen molar-refractivity contribution < 1.29 is 10.0 Å². The summed E-state index contributed by atoms with van der Waals surface area (Å²) in [6.07, 6.45) is 2.84. The van der Waals surface area contributed by atoms with Gasteiger partial charge in [-0.2, -0.15) is 11.8 Å². The Morgan fingerprint density at radius 3 is 2.60 bits per heavy atom. The van der Waals surface area contributed by atoms with Crippen LogP contribution in [0.25, 0.3) is 0 Å². The number of hydrogen-bond acceptors (Lipinski definition) is 4. The SMILES string of the molecule is N/C(=N/O)c1ccc(NC(=O)CC2CCSCC2)cc1. The molecule has 20 heavy (non-hydrogen) atoms. The molecule has 0 atom stereocenters. The van der Waals surface area contributed by atoms with Crippen molar-refractivity contribution in [1.82, 2.24) is 0 Å². The summed E-state index contributed by atoms with van der Waals surface area (Å²) in [6.45, 7) is 0. The minimum absolute atomic E-state index is 0.0541. The summed E-state index contributed by atoms with van der Waals surface area (Å²) < 4.78 is 0. The van der Waals surface area contributed by atoms with Gasteiger partial charge in [0.05, 0.1) is 0 Å². The maximum Gasteiger partial charge on any atom is 0.224 e. The fraction of sp³-hybridized carbons (Fsp3) is 0.429. The van der Waals surface area contributed by atoms with Crippen LogP contribution < -0.4 is 11.1 Å². The quantitative estimate of drug-likeness (QED) is 0.344. The first-order chi connectivity index (χ1) is 9.69. The highest BCUT2D eigenvalue weighted by Crippen LogP contribution is 2.25. The number of carbonyl (C=O) groups is 1. The third-order valence-corrected chi connectivity index (χ3v) is 4.44. The van der Waals surface area contributed by atoms with Crippen LogP contribution in [0.15, 0.2) is 29.4 Å². The average Bonchev–Trinajstić information content (AvgIpc) is 2.48. The van der Waals surface area contributed by atoms with Crippen LogP contribution in [0, 0.1) is 5.92 Å². The van der Waals surface area contributed by atoms with Gasteiger partial charge in [-0.3, -0.25) is 4.79 Å². The predicted octanol–water partition coefficient (Wildman–Crippen LogP) is 2.25. The minimum Gasteiger partial charge on any atom is -0.409 e. The summed E-state index contributed by atoms with van der Waals surface area (Å²) in [6, 6.07) is 6.92. The molecule has 0 aromatic heterocycles. The Labute approximate surface area is 122 Å². The Morgan fingerprint density at radius 1 is 1.35 bits per heavy atom. The molecule has 0 bridgehead atoms. The Morgan fingerprint density at radius 2 is 2.00 bits per heavy atom. The van der Waals surface area contributed by atoms with E-state index in [-0.39, 0.29) is 11.7 Å². The molecule has 1 heterocycles. The van der Waals surface area contributed by atoms with Gasteiger partial charge in [0.15, 0.2) is 5.84 Å². The van der Waals surface area contributed by atoms with E-state index in [0.29, 0.717) is 17.9 Å². The van der Waals surface area contributed by atoms with Gasteiger partial charge in [-0.25, -0.2) is 0 Å². The van der Waals surface area contributed by atoms with Crippen LogP contribution in [0.2, 0.25) is 0 Å². The molecule has 1 aromatic rings. The van der Waals surface area contributed by atoms with Gasteiger partial charge < -0.3 is 16.3 Å². The zero-order valence-corrected chi connectivity index (χ0v) is 12.0. The van der Waals surface area contributed by atoms with Gasteiger partial charge in [-0.1, -0.05) is 5.16 Å². The van der Waals surface area contributed by atoms with Crippen LogP contribution in [0.3, 0.4) is 0 Å². The molecule has 0 aliphatic carbocycles. The smallest absolute Gasteiger partial charge is 0.224 e. The van der Waals surface area contributed by atoms with E-state index in [2.05, 4.69) is 10.5 Å². The summed E-state index contributed by atoms with van der Waals surface area (Å²) in [5.74, 6) is 2.94. The molecule has 1 aliphatic heterocycles. The molecule has 1 amide bonds. The van der Waals surface area contributed by atoms with Crippen molar-refractivity contribution in [1.29, 1.82) is 0 Å². The summed E-state index contributed by atoms with van der Waals surface area (Å²) in [5, 5.41) is 14.4. The highest BCUT2D eigenvalue weighted by atomic mass is 32.2. The van der Waals surface area contributed by atoms with Crippen LogP contribution in [-0.4, -0.2) is 28.5 Å². The Balaban J connectivity index is 1.87. The van der Waals surface area contributed by atoms with E-state index in [4.69, 9.17) is 10.9 Å². The Kier molecular flexibility index (Phi) is 5.29. The van der Waals surface area contributed by atoms with E-state index in [9.17, 15) is 4.79 Å². The number of nitrogens with two attached hydrogens (primary N) is 1. The number of amides is 1. The number of amidine groups is 1. The van der Waals surface area contributed by atoms with Gasteiger partial charge in [0.25, 0.3) is 0 Å². The number of rotatable bonds is 4. The summed E-state index contributed by atoms with van der Waals surface area (Å²) >= 11 is 1.96. The molecule has 1 fully saturated rings. The van der Waals surface area contributed by atoms with E-state index < -0.39 is 0 Å². The van der Waals surface area contributed by atoms with Gasteiger partial charge in [0.1, 0.15) is 0 Å². The number of oxime groups is 1. The highest BCUT2D eigenvalue weighted by Gasteiger charge is 2.17. The molecule has 0 spiro atoms. The molecule has 1 saturated heterocycles. The molecule has 4 N–H and O–H groups in total. The zero-order chi connectivity index (χ0) is 14.4. The normalized spacial score (nSPS) is 16.9. The standard InChI is InChI=1S/C14H19N3O2S/c15-14(17-19)11-1-3-12(4-2-11)16-13(18)9-10-5-7-20-8-6-10/h1-4,10,19H,5-9H2,(H2,15,17)(H,16,18). The van der Waals surface area contributed by atoms with Crippen molar-refractivity contribution in [2.75, 3.05) is 16.8 Å². The second kappa shape index (κ2) is 7.19. The van der Waals surface area contributed by atoms with Crippen molar-refractivity contribution in [3.63, 3.8) is 0 Å². The van der Waals surface area contributed by atoms with Crippen molar-refractivity contribution in [2.45, 2.75) is 19.3 Å². The molecule has 1 aromatic carbocycles. The first-order valence-corrected chi connectivity index (χ1v) is 7.80. The molecule has 6 heteroatoms. The van der Waals surface area contributed by atoms with Crippen LogP contribution >= 0.6 is 11.8 Å². The van der Waals surface area contributed by atoms with Crippen molar-refractivity contribution in [2.24, 2.45) is 16.8 Å². The van der Waals surface area contributed by atoms with Crippen molar-refractivity contribution in [3.8, 4) is 0 Å². The predicted molar refractivity (Wildman–Crippen MR) is 82.2 cm³/mol. The number of benzene rings is 1. The number of carbonyl (C=O) groups excluding carboxylic acids is 1. The highest BCUT2D eigenvalue weighted by molar-refractivity contribution is 7.99. The third kappa shape index (κ3) is 4.16. The first kappa shape index (κ1) is 14.7. The largest absolute Gasteiger partial charge is 0.409 e. The number of nitrogens with zero attached hydrogens (tertiary/aromatic N) is 1. The van der Waals surface area contributed by atoms with Gasteiger partial charge >= 0.3 is 0 Å². The number of nitrogens with one attached hydrogen (secondary N) is 1. The topological polar surface area (TPSA) is 87.7 Å². The lowest BCUT2D eigenvalue weighted by Crippen LogP contribution is -2.19. The lowest BCUT2D eigenvalue weighted by Gasteiger charge is -2.20. The maximum absolute atomic E-state index is 11.9. The minimum atomic E-state index is 0.0541. The van der Waals surface area contributed by atoms with Crippen molar-refractivity contribution in [3.05, 3.63) is 29.8 Å². The number of thioether (sulfide) groups is 1. The molecular formula is C14H19N3O2S. The van der Waals surface area contributed by atoms with Gasteiger partial charge in [0, 0.05) is 17.7 Å². The second-order valence-corrected chi connectivity index (χ2v) is 6.10. The number of hydrogen-bond donors (Lipinski definition) is 3. The van der Waals surface area contributed by atoms with E-state index in [1.54, 1.807) is 24.3 Å². The zero-order valence-electron chi connectivity index (χ0n) is 11.2. The summed E-state index contributed by atoms with van der Waals surface area (Å²) in [4.78, 5) is 11.9. The molecular weight excluding hydrogens is 274 g/mol. The van der Waals surface area contributed by atoms with Gasteiger partial charge in [-0.05, 0) is 54.5 Å². The van der Waals surface area contributed by atoms with E-state index >= 15 is 0 Å². The molecule has 2 rings (SSSR count). The van der Waals surface area contributed by atoms with E-state index in [0.717, 1.165) is 30.0 Å². The fourth-order valence-electron chi connectivity index (χ4n) is 2.21.